The van der Waals surface area contributed by atoms with Gasteiger partial charge in [-0.2, -0.15) is 0 Å². The molecular formula is C57H63FN8O14. The fourth-order valence-electron chi connectivity index (χ4n) is 11.2. The highest BCUT2D eigenvalue weighted by molar-refractivity contribution is 6.12. The van der Waals surface area contributed by atoms with Gasteiger partial charge in [0.15, 0.2) is 12.2 Å². The summed E-state index contributed by atoms with van der Waals surface area (Å²) in [5.74, 6) is -5.89. The van der Waals surface area contributed by atoms with Crippen LogP contribution in [0.5, 0.6) is 0 Å². The van der Waals surface area contributed by atoms with Crippen LogP contribution in [0.3, 0.4) is 0 Å². The highest BCUT2D eigenvalue weighted by Crippen LogP contribution is 2.46. The van der Waals surface area contributed by atoms with Gasteiger partial charge in [-0.3, -0.25) is 48.1 Å². The molecule has 2 aliphatic carbocycles. The van der Waals surface area contributed by atoms with Gasteiger partial charge in [0.2, 0.25) is 23.6 Å². The minimum Gasteiger partial charge on any atom is -0.458 e. The quantitative estimate of drug-likeness (QED) is 0.0251. The zero-order valence-electron chi connectivity index (χ0n) is 44.4. The molecule has 3 aliphatic heterocycles. The van der Waals surface area contributed by atoms with Crippen LogP contribution in [0.25, 0.3) is 22.3 Å². The van der Waals surface area contributed by atoms with Crippen molar-refractivity contribution < 1.29 is 66.9 Å². The van der Waals surface area contributed by atoms with Crippen LogP contribution >= 0.6 is 0 Å². The second-order valence-corrected chi connectivity index (χ2v) is 20.7. The van der Waals surface area contributed by atoms with Crippen LogP contribution in [-0.4, -0.2) is 118 Å². The first-order valence-corrected chi connectivity index (χ1v) is 27.0. The van der Waals surface area contributed by atoms with Crippen LogP contribution in [0.4, 0.5) is 4.39 Å². The van der Waals surface area contributed by atoms with Crippen molar-refractivity contribution in [2.45, 2.75) is 128 Å². The summed E-state index contributed by atoms with van der Waals surface area (Å²) in [4.78, 5) is 134. The lowest BCUT2D eigenvalue weighted by Gasteiger charge is -2.32. The molecule has 0 radical (unpaired) electrons. The molecule has 7 amide bonds. The molecule has 2 aromatic heterocycles. The Balaban J connectivity index is 0.722. The summed E-state index contributed by atoms with van der Waals surface area (Å²) in [5, 5.41) is 25.5. The van der Waals surface area contributed by atoms with Crippen LogP contribution in [0.1, 0.15) is 116 Å². The van der Waals surface area contributed by atoms with E-state index in [0.717, 1.165) is 21.4 Å². The van der Waals surface area contributed by atoms with Crippen LogP contribution in [0.2, 0.25) is 0 Å². The molecule has 3 atom stereocenters. The fourth-order valence-corrected chi connectivity index (χ4v) is 11.2. The maximum Gasteiger partial charge on any atom is 0.343 e. The number of nitrogens with one attached hydrogen (secondary N) is 5. The number of unbranched alkanes of at least 4 members (excludes halogenated alkanes) is 2. The molecule has 22 nitrogen and oxygen atoms in total. The van der Waals surface area contributed by atoms with Crippen molar-refractivity contribution in [1.82, 2.24) is 41.0 Å². The number of aromatic nitrogens is 2. The van der Waals surface area contributed by atoms with E-state index in [-0.39, 0.29) is 86.6 Å². The van der Waals surface area contributed by atoms with Crippen LogP contribution in [-0.2, 0) is 89.0 Å². The van der Waals surface area contributed by atoms with E-state index < -0.39 is 84.3 Å². The highest BCUT2D eigenvalue weighted by Gasteiger charge is 2.46. The van der Waals surface area contributed by atoms with Gasteiger partial charge in [-0.1, -0.05) is 43.7 Å². The number of halogens is 1. The van der Waals surface area contributed by atoms with Gasteiger partial charge in [-0.15, -0.1) is 0 Å². The zero-order valence-corrected chi connectivity index (χ0v) is 44.4. The second-order valence-electron chi connectivity index (χ2n) is 20.7. The summed E-state index contributed by atoms with van der Waals surface area (Å²) < 4.78 is 33.2. The van der Waals surface area contributed by atoms with Crippen LogP contribution in [0.15, 0.2) is 59.4 Å². The molecule has 5 aliphatic rings. The number of pyridine rings is 2. The summed E-state index contributed by atoms with van der Waals surface area (Å²) in [6.07, 6.45) is 6.75. The van der Waals surface area contributed by atoms with E-state index in [4.69, 9.17) is 19.2 Å². The average molecular weight is 1100 g/mol. The standard InChI is InChI=1S/C57H63FN8O14/c1-3-57(77)38-23-43-52-36(27-66(43)55(75)37(38)28-79-56(57)76)51-40(18-17-35-31(2)39(58)24-41(63-52)50(35)51)64-53(73)33-13-15-34(16-14-33)80-30-61-45(68)25-60-54(74)42(22-32-10-6-4-7-11-32)62-46(69)29-78-49(72)26-59-44(67)12-8-5-9-21-65-47(70)19-20-48(65)71/h4,6-7,10-11,19-20,23-24,33-34,40,42,77H,3,5,8-9,12-18,21-22,25-30H2,1-2H3,(H,59,67)(H,60,74)(H,61,68)(H,62,69)(H,64,73)/t33-,34-,40-,42-,57-/m0/s1. The number of cyclic esters (lactones) is 1. The molecule has 9 rings (SSSR count). The summed E-state index contributed by atoms with van der Waals surface area (Å²) in [7, 11) is 0. The number of carbonyl (C=O) groups is 9. The minimum atomic E-state index is -2.03. The molecule has 80 heavy (non-hydrogen) atoms. The Kier molecular flexibility index (Phi) is 17.3. The molecule has 422 valence electrons. The van der Waals surface area contributed by atoms with E-state index in [2.05, 4.69) is 26.6 Å². The molecule has 0 spiro atoms. The molecule has 0 unspecified atom stereocenters. The van der Waals surface area contributed by atoms with Crippen LogP contribution < -0.4 is 32.1 Å². The van der Waals surface area contributed by atoms with Crippen molar-refractivity contribution in [2.75, 3.05) is 33.0 Å². The predicted molar refractivity (Wildman–Crippen MR) is 282 cm³/mol. The summed E-state index contributed by atoms with van der Waals surface area (Å²) in [5.41, 5.74) is 2.48. The smallest absolute Gasteiger partial charge is 0.343 e. The number of esters is 2. The van der Waals surface area contributed by atoms with Crippen molar-refractivity contribution >= 4 is 64.2 Å². The number of rotatable bonds is 22. The van der Waals surface area contributed by atoms with E-state index in [1.165, 1.54) is 22.8 Å². The maximum atomic E-state index is 15.5. The summed E-state index contributed by atoms with van der Waals surface area (Å²) in [6.45, 7) is 1.55. The number of hydrogen-bond donors (Lipinski definition) is 6. The molecule has 5 heterocycles. The first kappa shape index (κ1) is 56.5. The first-order chi connectivity index (χ1) is 38.4. The van der Waals surface area contributed by atoms with E-state index in [1.54, 1.807) is 50.2 Å². The SMILES string of the molecule is CC[C@@]1(O)C(=O)OCc2c1cc1n(c2=O)Cc2c-1nc1cc(F)c(C)c3c1c2[C@@H](NC(=O)[C@H]1CC[C@H](OCNC(=O)CNC(=O)[C@H](Cc2ccccc2)NC(=O)COC(=O)CNC(=O)CCCCCN2C(=O)C=CC2=O)CC1)CC3. The largest absolute Gasteiger partial charge is 0.458 e. The number of carbonyl (C=O) groups excluding carboxylic acids is 9. The number of benzene rings is 2. The van der Waals surface area contributed by atoms with Crippen molar-refractivity contribution in [3.63, 3.8) is 0 Å². The number of fused-ring (bicyclic) bond motifs is 5. The third kappa shape index (κ3) is 12.2. The van der Waals surface area contributed by atoms with Gasteiger partial charge < -0.3 is 50.5 Å². The predicted octanol–water partition coefficient (Wildman–Crippen LogP) is 2.27. The van der Waals surface area contributed by atoms with Crippen molar-refractivity contribution in [3.8, 4) is 11.4 Å². The Bertz CT molecular complexity index is 3250. The Morgan fingerprint density at radius 3 is 2.36 bits per heavy atom. The first-order valence-electron chi connectivity index (χ1n) is 27.0. The maximum absolute atomic E-state index is 15.5. The van der Waals surface area contributed by atoms with Gasteiger partial charge in [-0.05, 0) is 93.0 Å². The van der Waals surface area contributed by atoms with E-state index >= 15 is 4.39 Å². The third-order valence-electron chi connectivity index (χ3n) is 15.7. The molecule has 4 aromatic rings. The second kappa shape index (κ2) is 24.5. The average Bonchev–Trinajstić information content (AvgIpc) is 4.07. The van der Waals surface area contributed by atoms with Gasteiger partial charge in [0.1, 0.15) is 31.7 Å². The molecular weight excluding hydrogens is 1040 g/mol. The lowest BCUT2D eigenvalue weighted by atomic mass is 9.81. The Hall–Kier alpha value is -8.18. The fraction of sp³-hybridized carbons (Fsp3) is 0.456. The molecule has 23 heteroatoms. The van der Waals surface area contributed by atoms with E-state index in [1.807, 2.05) is 0 Å². The highest BCUT2D eigenvalue weighted by atomic mass is 19.1. The van der Waals surface area contributed by atoms with Crippen LogP contribution in [0, 0.1) is 18.7 Å². The molecule has 1 saturated carbocycles. The summed E-state index contributed by atoms with van der Waals surface area (Å²) in [6, 6.07) is 10.1. The number of ether oxygens (including phenoxy) is 3. The molecule has 6 N–H and O–H groups in total. The molecule has 2 aromatic carbocycles. The van der Waals surface area contributed by atoms with Gasteiger partial charge in [0.25, 0.3) is 23.3 Å². The van der Waals surface area contributed by atoms with Gasteiger partial charge in [0, 0.05) is 60.0 Å². The molecule has 1 fully saturated rings. The van der Waals surface area contributed by atoms with Crippen molar-refractivity contribution in [1.29, 1.82) is 0 Å². The van der Waals surface area contributed by atoms with Gasteiger partial charge in [-0.25, -0.2) is 14.2 Å². The lowest BCUT2D eigenvalue weighted by Crippen LogP contribution is -2.51. The van der Waals surface area contributed by atoms with E-state index in [9.17, 15) is 53.1 Å². The number of nitrogens with zero attached hydrogens (tertiary/aromatic N) is 3. The van der Waals surface area contributed by atoms with Gasteiger partial charge in [0.05, 0.1) is 47.7 Å². The minimum absolute atomic E-state index is 0.0259. The number of imide groups is 1. The zero-order chi connectivity index (χ0) is 56.8. The normalized spacial score (nSPS) is 20.0. The Labute approximate surface area is 458 Å². The molecule has 0 bridgehead atoms. The number of amides is 7. The number of aliphatic hydroxyl groups is 1. The van der Waals surface area contributed by atoms with Gasteiger partial charge >= 0.3 is 11.9 Å². The summed E-state index contributed by atoms with van der Waals surface area (Å²) >= 11 is 0. The lowest BCUT2D eigenvalue weighted by molar-refractivity contribution is -0.172. The number of hydrogen-bond acceptors (Lipinski definition) is 15. The third-order valence-corrected chi connectivity index (χ3v) is 15.7. The molecule has 0 saturated heterocycles. The van der Waals surface area contributed by atoms with Crippen molar-refractivity contribution in [3.05, 3.63) is 110 Å². The Morgan fingerprint density at radius 1 is 0.875 bits per heavy atom. The Morgan fingerprint density at radius 2 is 1.62 bits per heavy atom. The number of aryl methyl sites for hydroxylation is 1. The van der Waals surface area contributed by atoms with E-state index in [0.29, 0.717) is 91.4 Å². The topological polar surface area (TPSA) is 300 Å². The van der Waals surface area contributed by atoms with Crippen molar-refractivity contribution in [2.24, 2.45) is 5.92 Å². The monoisotopic (exact) mass is 1100 g/mol.